The molecule has 35 heavy (non-hydrogen) atoms. The van der Waals surface area contributed by atoms with Crippen molar-refractivity contribution >= 4 is 18.1 Å². The molecular weight excluding hydrogens is 467 g/mol. The van der Waals surface area contributed by atoms with Gasteiger partial charge < -0.3 is 20.3 Å². The van der Waals surface area contributed by atoms with Crippen molar-refractivity contribution in [1.29, 1.82) is 0 Å². The van der Waals surface area contributed by atoms with Gasteiger partial charge in [-0.25, -0.2) is 13.2 Å². The fraction of sp³-hybridized carbons (Fsp3) is 0.333. The van der Waals surface area contributed by atoms with E-state index >= 15 is 0 Å². The molecule has 0 saturated carbocycles. The Morgan fingerprint density at radius 2 is 2.06 bits per heavy atom. The standard InChI is InChI=1S/C23H22F3N3O3.CH2O2/c1-22(23(25,26)14-32-13-21(27)29-22)17-10-16(5-7-18(17)24)11-20(30)19-8-6-15(12-28-19)4-3-9-31-2;2-1-3/h5-8,10,12H,9,11,13-14H2,1-2H3,(H2,27,29);1H,(H,2,3)/t22-;/m1./s1. The molecule has 3 N–H and O–H groups in total. The van der Waals surface area contributed by atoms with Crippen molar-refractivity contribution in [2.75, 3.05) is 26.9 Å². The number of carbonyl (C=O) groups excluding carboxylic acids is 1. The van der Waals surface area contributed by atoms with Crippen LogP contribution in [0.15, 0.2) is 41.5 Å². The molecule has 0 saturated heterocycles. The van der Waals surface area contributed by atoms with Gasteiger partial charge >= 0.3 is 0 Å². The first-order valence-electron chi connectivity index (χ1n) is 10.2. The SMILES string of the molecule is COCC#Cc1ccc(C(=O)Cc2ccc(F)c([C@@]3(C)N=C(N)COCC3(F)F)c2)nc1.O=CO. The third-order valence-electron chi connectivity index (χ3n) is 5.03. The van der Waals surface area contributed by atoms with Gasteiger partial charge in [-0.1, -0.05) is 17.9 Å². The van der Waals surface area contributed by atoms with Crippen molar-refractivity contribution in [2.45, 2.75) is 24.8 Å². The number of hydrogen-bond donors (Lipinski definition) is 2. The average Bonchev–Trinajstić information content (AvgIpc) is 2.91. The van der Waals surface area contributed by atoms with Gasteiger partial charge in [-0.3, -0.25) is 19.6 Å². The van der Waals surface area contributed by atoms with Crippen LogP contribution in [0.5, 0.6) is 0 Å². The number of hydrogen-bond acceptors (Lipinski definition) is 7. The number of halogens is 3. The van der Waals surface area contributed by atoms with E-state index in [9.17, 15) is 18.0 Å². The summed E-state index contributed by atoms with van der Waals surface area (Å²) in [5.74, 6) is 0.703. The van der Waals surface area contributed by atoms with Gasteiger partial charge in [0.1, 0.15) is 37.2 Å². The molecule has 0 bridgehead atoms. The van der Waals surface area contributed by atoms with Crippen molar-refractivity contribution < 1.29 is 37.3 Å². The average molecular weight is 491 g/mol. The number of rotatable bonds is 5. The first kappa shape index (κ1) is 27.5. The molecule has 1 aromatic heterocycles. The highest BCUT2D eigenvalue weighted by atomic mass is 19.3. The summed E-state index contributed by atoms with van der Waals surface area (Å²) in [5.41, 5.74) is 4.14. The smallest absolute Gasteiger partial charge is 0.299 e. The largest absolute Gasteiger partial charge is 0.483 e. The number of carboxylic acid groups (broad SMARTS) is 1. The minimum Gasteiger partial charge on any atom is -0.483 e. The summed E-state index contributed by atoms with van der Waals surface area (Å²) in [6.07, 6.45) is 1.29. The molecule has 8 nitrogen and oxygen atoms in total. The maximum Gasteiger partial charge on any atom is 0.299 e. The van der Waals surface area contributed by atoms with Gasteiger partial charge in [0.15, 0.2) is 11.3 Å². The number of carbonyl (C=O) groups is 2. The van der Waals surface area contributed by atoms with Gasteiger partial charge in [0.2, 0.25) is 0 Å². The summed E-state index contributed by atoms with van der Waals surface area (Å²) in [6.45, 7) is -0.112. The molecule has 0 spiro atoms. The van der Waals surface area contributed by atoms with Crippen LogP contribution in [0, 0.1) is 17.7 Å². The van der Waals surface area contributed by atoms with E-state index in [1.807, 2.05) is 0 Å². The quantitative estimate of drug-likeness (QED) is 0.374. The van der Waals surface area contributed by atoms with Crippen LogP contribution in [0.3, 0.4) is 0 Å². The first-order valence-corrected chi connectivity index (χ1v) is 10.2. The van der Waals surface area contributed by atoms with Crippen LogP contribution in [0.25, 0.3) is 0 Å². The van der Waals surface area contributed by atoms with Crippen molar-refractivity contribution in [1.82, 2.24) is 4.98 Å². The number of Topliss-reactive ketones (excluding diaryl/α,β-unsaturated/α-hetero) is 1. The normalized spacial score (nSPS) is 18.6. The Labute approximate surface area is 200 Å². The molecule has 1 aliphatic rings. The van der Waals surface area contributed by atoms with Crippen molar-refractivity contribution in [2.24, 2.45) is 10.7 Å². The molecule has 0 unspecified atom stereocenters. The monoisotopic (exact) mass is 491 g/mol. The van der Waals surface area contributed by atoms with Crippen LogP contribution in [0.4, 0.5) is 13.2 Å². The Morgan fingerprint density at radius 3 is 2.69 bits per heavy atom. The highest BCUT2D eigenvalue weighted by Gasteiger charge is 2.54. The Kier molecular flexibility index (Phi) is 9.50. The Balaban J connectivity index is 0.00000137. The predicted octanol–water partition coefficient (Wildman–Crippen LogP) is 2.58. The number of aliphatic imine (C=N–C) groups is 1. The molecular formula is C24H24F3N3O5. The van der Waals surface area contributed by atoms with Crippen molar-refractivity contribution in [3.63, 3.8) is 0 Å². The molecule has 1 aliphatic heterocycles. The lowest BCUT2D eigenvalue weighted by Crippen LogP contribution is -2.45. The minimum absolute atomic E-state index is 0.160. The number of aromatic nitrogens is 1. The van der Waals surface area contributed by atoms with Crippen molar-refractivity contribution in [3.8, 4) is 11.8 Å². The Hall–Kier alpha value is -3.75. The maximum atomic E-state index is 14.8. The highest BCUT2D eigenvalue weighted by molar-refractivity contribution is 5.95. The number of methoxy groups -OCH3 is 1. The zero-order valence-electron chi connectivity index (χ0n) is 19.1. The van der Waals surface area contributed by atoms with Crippen LogP contribution in [0.1, 0.15) is 34.1 Å². The summed E-state index contributed by atoms with van der Waals surface area (Å²) in [7, 11) is 1.53. The lowest BCUT2D eigenvalue weighted by atomic mass is 9.84. The van der Waals surface area contributed by atoms with Crippen LogP contribution in [-0.2, 0) is 26.2 Å². The summed E-state index contributed by atoms with van der Waals surface area (Å²) in [4.78, 5) is 29.0. The molecule has 0 fully saturated rings. The number of nitrogens with two attached hydrogens (primary N) is 1. The molecule has 2 heterocycles. The molecule has 0 amide bonds. The van der Waals surface area contributed by atoms with Gasteiger partial charge in [-0.2, -0.15) is 0 Å². The molecule has 186 valence electrons. The minimum atomic E-state index is -3.52. The van der Waals surface area contributed by atoms with Crippen molar-refractivity contribution in [3.05, 3.63) is 64.7 Å². The number of ether oxygens (including phenoxy) is 2. The number of benzene rings is 1. The molecule has 1 atom stereocenters. The summed E-state index contributed by atoms with van der Waals surface area (Å²) < 4.78 is 54.0. The van der Waals surface area contributed by atoms with E-state index in [0.29, 0.717) is 11.1 Å². The number of alkyl halides is 2. The van der Waals surface area contributed by atoms with Gasteiger partial charge in [-0.05, 0) is 36.8 Å². The van der Waals surface area contributed by atoms with Gasteiger partial charge in [0.25, 0.3) is 12.4 Å². The number of pyridine rings is 1. The fourth-order valence-electron chi connectivity index (χ4n) is 3.26. The van der Waals surface area contributed by atoms with Crippen LogP contribution in [-0.4, -0.2) is 61.0 Å². The van der Waals surface area contributed by atoms with Crippen LogP contribution < -0.4 is 5.73 Å². The second-order valence-electron chi connectivity index (χ2n) is 7.56. The molecule has 0 aliphatic carbocycles. The third-order valence-corrected chi connectivity index (χ3v) is 5.03. The van der Waals surface area contributed by atoms with E-state index in [1.54, 1.807) is 6.07 Å². The molecule has 11 heteroatoms. The lowest BCUT2D eigenvalue weighted by molar-refractivity contribution is -0.122. The fourth-order valence-corrected chi connectivity index (χ4v) is 3.26. The van der Waals surface area contributed by atoms with Gasteiger partial charge in [0.05, 0.1) is 0 Å². The molecule has 2 aromatic rings. The molecule has 1 aromatic carbocycles. The zero-order chi connectivity index (χ0) is 26.1. The Bertz CT molecular complexity index is 1140. The number of ketones is 1. The highest BCUT2D eigenvalue weighted by Crippen LogP contribution is 2.43. The van der Waals surface area contributed by atoms with Gasteiger partial charge in [0, 0.05) is 30.9 Å². The van der Waals surface area contributed by atoms with E-state index in [1.165, 1.54) is 31.5 Å². The van der Waals surface area contributed by atoms with E-state index in [0.717, 1.165) is 13.0 Å². The van der Waals surface area contributed by atoms with E-state index < -0.39 is 23.9 Å². The van der Waals surface area contributed by atoms with E-state index in [4.69, 9.17) is 25.1 Å². The molecule has 0 radical (unpaired) electrons. The number of amidine groups is 1. The summed E-state index contributed by atoms with van der Waals surface area (Å²) >= 11 is 0. The van der Waals surface area contributed by atoms with Gasteiger partial charge in [-0.15, -0.1) is 0 Å². The van der Waals surface area contributed by atoms with E-state index in [-0.39, 0.29) is 49.0 Å². The predicted molar refractivity (Wildman–Crippen MR) is 121 cm³/mol. The zero-order valence-corrected chi connectivity index (χ0v) is 19.1. The third kappa shape index (κ3) is 6.88. The van der Waals surface area contributed by atoms with Crippen LogP contribution in [0.2, 0.25) is 0 Å². The Morgan fingerprint density at radius 1 is 1.34 bits per heavy atom. The second-order valence-corrected chi connectivity index (χ2v) is 7.56. The molecule has 3 rings (SSSR count). The topological polar surface area (TPSA) is 124 Å². The lowest BCUT2D eigenvalue weighted by Gasteiger charge is -2.33. The number of nitrogens with zero attached hydrogens (tertiary/aromatic N) is 2. The maximum absolute atomic E-state index is 14.8. The second kappa shape index (κ2) is 12.1. The van der Waals surface area contributed by atoms with E-state index in [2.05, 4.69) is 21.8 Å². The first-order chi connectivity index (χ1) is 16.6. The summed E-state index contributed by atoms with van der Waals surface area (Å²) in [5, 5.41) is 6.89. The summed E-state index contributed by atoms with van der Waals surface area (Å²) in [6, 6.07) is 6.78. The van der Waals surface area contributed by atoms with Crippen LogP contribution >= 0.6 is 0 Å².